The molecule has 1 fully saturated rings. The number of halogens is 1. The third-order valence-corrected chi connectivity index (χ3v) is 4.36. The van der Waals surface area contributed by atoms with Crippen LogP contribution in [0.5, 0.6) is 5.75 Å². The average molecular weight is 354 g/mol. The van der Waals surface area contributed by atoms with E-state index in [0.29, 0.717) is 30.5 Å². The van der Waals surface area contributed by atoms with Crippen LogP contribution in [0.1, 0.15) is 18.4 Å². The van der Waals surface area contributed by atoms with E-state index in [-0.39, 0.29) is 24.3 Å². The number of carbonyl (C=O) groups excluding carboxylic acids is 2. The lowest BCUT2D eigenvalue weighted by atomic mass is 9.97. The summed E-state index contributed by atoms with van der Waals surface area (Å²) in [7, 11) is 0. The second-order valence-electron chi connectivity index (χ2n) is 6.07. The van der Waals surface area contributed by atoms with Crippen molar-refractivity contribution in [3.63, 3.8) is 0 Å². The first-order chi connectivity index (χ1) is 11.5. The summed E-state index contributed by atoms with van der Waals surface area (Å²) in [5, 5.41) is 3.45. The molecule has 1 aromatic carbocycles. The lowest BCUT2D eigenvalue weighted by Gasteiger charge is -2.30. The van der Waals surface area contributed by atoms with Gasteiger partial charge in [0.05, 0.1) is 24.0 Å². The number of para-hydroxylation sites is 1. The van der Waals surface area contributed by atoms with E-state index in [1.165, 1.54) is 0 Å². The predicted octanol–water partition coefficient (Wildman–Crippen LogP) is 1.34. The molecule has 1 aromatic rings. The molecule has 1 aliphatic heterocycles. The molecule has 2 rings (SSSR count). The van der Waals surface area contributed by atoms with E-state index in [1.54, 1.807) is 6.07 Å². The van der Waals surface area contributed by atoms with Gasteiger partial charge in [-0.2, -0.15) is 0 Å². The van der Waals surface area contributed by atoms with Gasteiger partial charge >= 0.3 is 0 Å². The molecule has 2 amide bonds. The van der Waals surface area contributed by atoms with Gasteiger partial charge in [0, 0.05) is 6.54 Å². The van der Waals surface area contributed by atoms with E-state index in [4.69, 9.17) is 22.1 Å². The fraction of sp³-hybridized carbons (Fsp3) is 0.529. The van der Waals surface area contributed by atoms with Gasteiger partial charge < -0.3 is 15.8 Å². The molecule has 132 valence electrons. The fourth-order valence-corrected chi connectivity index (χ4v) is 3.18. The first kappa shape index (κ1) is 18.5. The summed E-state index contributed by atoms with van der Waals surface area (Å²) in [5.41, 5.74) is 6.18. The molecular weight excluding hydrogens is 330 g/mol. The third kappa shape index (κ3) is 5.39. The Kier molecular flexibility index (Phi) is 6.87. The van der Waals surface area contributed by atoms with Gasteiger partial charge in [-0.1, -0.05) is 23.7 Å². The highest BCUT2D eigenvalue weighted by molar-refractivity contribution is 6.32. The molecule has 1 atom stereocenters. The monoisotopic (exact) mass is 353 g/mol. The summed E-state index contributed by atoms with van der Waals surface area (Å²) in [6.45, 7) is 4.28. The first-order valence-electron chi connectivity index (χ1n) is 8.13. The van der Waals surface area contributed by atoms with Crippen molar-refractivity contribution >= 4 is 23.4 Å². The number of nitrogens with zero attached hydrogens (tertiary/aromatic N) is 1. The molecule has 7 heteroatoms. The maximum Gasteiger partial charge on any atom is 0.231 e. The molecular formula is C17H24ClN3O3. The van der Waals surface area contributed by atoms with Crippen LogP contribution in [0.25, 0.3) is 0 Å². The van der Waals surface area contributed by atoms with Crippen molar-refractivity contribution in [2.45, 2.75) is 19.8 Å². The number of hydrogen-bond donors (Lipinski definition) is 2. The highest BCUT2D eigenvalue weighted by Gasteiger charge is 2.26. The smallest absolute Gasteiger partial charge is 0.231 e. The molecule has 0 aliphatic carbocycles. The summed E-state index contributed by atoms with van der Waals surface area (Å²) in [6.07, 6.45) is 1.71. The van der Waals surface area contributed by atoms with Crippen molar-refractivity contribution < 1.29 is 14.3 Å². The zero-order valence-electron chi connectivity index (χ0n) is 13.9. The second kappa shape index (κ2) is 8.89. The number of hydrogen-bond acceptors (Lipinski definition) is 4. The average Bonchev–Trinajstić information content (AvgIpc) is 2.53. The van der Waals surface area contributed by atoms with Gasteiger partial charge in [-0.15, -0.1) is 0 Å². The number of carbonyl (C=O) groups is 2. The number of ether oxygens (including phenoxy) is 1. The molecule has 1 unspecified atom stereocenters. The summed E-state index contributed by atoms with van der Waals surface area (Å²) in [5.74, 6) is 0.169. The molecule has 24 heavy (non-hydrogen) atoms. The topological polar surface area (TPSA) is 84.7 Å². The minimum atomic E-state index is -0.362. The Morgan fingerprint density at radius 2 is 2.25 bits per heavy atom. The van der Waals surface area contributed by atoms with Crippen LogP contribution in [0, 0.1) is 12.8 Å². The lowest BCUT2D eigenvalue weighted by Crippen LogP contribution is -2.46. The highest BCUT2D eigenvalue weighted by atomic mass is 35.5. The van der Waals surface area contributed by atoms with Crippen molar-refractivity contribution in [1.29, 1.82) is 0 Å². The summed E-state index contributed by atoms with van der Waals surface area (Å²) < 4.78 is 5.66. The van der Waals surface area contributed by atoms with Gasteiger partial charge in [0.1, 0.15) is 12.4 Å². The molecule has 3 N–H and O–H groups in total. The number of benzene rings is 1. The minimum absolute atomic E-state index is 0.0105. The molecule has 0 radical (unpaired) electrons. The quantitative estimate of drug-likeness (QED) is 0.724. The second-order valence-corrected chi connectivity index (χ2v) is 6.47. The zero-order valence-corrected chi connectivity index (χ0v) is 14.6. The molecule has 0 aromatic heterocycles. The number of nitrogens with one attached hydrogen (secondary N) is 1. The lowest BCUT2D eigenvalue weighted by molar-refractivity contribution is -0.128. The maximum absolute atomic E-state index is 12.2. The van der Waals surface area contributed by atoms with E-state index in [0.717, 1.165) is 24.9 Å². The van der Waals surface area contributed by atoms with Gasteiger partial charge in [0.25, 0.3) is 0 Å². The number of rotatable bonds is 7. The van der Waals surface area contributed by atoms with Gasteiger partial charge in [-0.3, -0.25) is 14.5 Å². The van der Waals surface area contributed by atoms with Crippen LogP contribution in [0.2, 0.25) is 5.02 Å². The van der Waals surface area contributed by atoms with E-state index in [2.05, 4.69) is 5.32 Å². The van der Waals surface area contributed by atoms with Crippen LogP contribution >= 0.6 is 11.6 Å². The Morgan fingerprint density at radius 3 is 2.96 bits per heavy atom. The van der Waals surface area contributed by atoms with Crippen molar-refractivity contribution in [3.05, 3.63) is 28.8 Å². The SMILES string of the molecule is Cc1cccc(Cl)c1OCCNC(=O)C1CCCN(CC(N)=O)C1. The third-order valence-electron chi connectivity index (χ3n) is 4.07. The van der Waals surface area contributed by atoms with E-state index in [1.807, 2.05) is 24.0 Å². The van der Waals surface area contributed by atoms with Crippen molar-refractivity contribution in [2.75, 3.05) is 32.8 Å². The molecule has 6 nitrogen and oxygen atoms in total. The van der Waals surface area contributed by atoms with Crippen LogP contribution in [-0.4, -0.2) is 49.5 Å². The molecule has 0 bridgehead atoms. The molecule has 0 spiro atoms. The maximum atomic E-state index is 12.2. The number of likely N-dealkylation sites (tertiary alicyclic amines) is 1. The standard InChI is InChI=1S/C17H24ClN3O3/c1-12-4-2-6-14(18)16(12)24-9-7-20-17(23)13-5-3-8-21(10-13)11-15(19)22/h2,4,6,13H,3,5,7-11H2,1H3,(H2,19,22)(H,20,23). The molecule has 1 saturated heterocycles. The number of amides is 2. The Labute approximate surface area is 147 Å². The van der Waals surface area contributed by atoms with Gasteiger partial charge in [-0.25, -0.2) is 0 Å². The van der Waals surface area contributed by atoms with Crippen LogP contribution in [0.4, 0.5) is 0 Å². The van der Waals surface area contributed by atoms with Crippen LogP contribution < -0.4 is 15.8 Å². The Morgan fingerprint density at radius 1 is 1.46 bits per heavy atom. The van der Waals surface area contributed by atoms with Crippen molar-refractivity contribution in [1.82, 2.24) is 10.2 Å². The number of primary amides is 1. The number of nitrogens with two attached hydrogens (primary N) is 1. The number of piperidine rings is 1. The Hall–Kier alpha value is -1.79. The van der Waals surface area contributed by atoms with Crippen molar-refractivity contribution in [2.24, 2.45) is 11.7 Å². The van der Waals surface area contributed by atoms with Gasteiger partial charge in [-0.05, 0) is 37.9 Å². The summed E-state index contributed by atoms with van der Waals surface area (Å²) in [4.78, 5) is 25.2. The van der Waals surface area contributed by atoms with E-state index < -0.39 is 0 Å². The van der Waals surface area contributed by atoms with Crippen LogP contribution in [-0.2, 0) is 9.59 Å². The van der Waals surface area contributed by atoms with Gasteiger partial charge in [0.2, 0.25) is 11.8 Å². The minimum Gasteiger partial charge on any atom is -0.490 e. The summed E-state index contributed by atoms with van der Waals surface area (Å²) >= 11 is 6.09. The largest absolute Gasteiger partial charge is 0.490 e. The van der Waals surface area contributed by atoms with E-state index >= 15 is 0 Å². The van der Waals surface area contributed by atoms with Crippen LogP contribution in [0.3, 0.4) is 0 Å². The van der Waals surface area contributed by atoms with E-state index in [9.17, 15) is 9.59 Å². The first-order valence-corrected chi connectivity index (χ1v) is 8.51. The molecule has 1 aliphatic rings. The normalized spacial score (nSPS) is 18.2. The zero-order chi connectivity index (χ0) is 17.5. The molecule has 1 heterocycles. The van der Waals surface area contributed by atoms with Crippen molar-refractivity contribution in [3.8, 4) is 5.75 Å². The molecule has 0 saturated carbocycles. The highest BCUT2D eigenvalue weighted by Crippen LogP contribution is 2.27. The number of aryl methyl sites for hydroxylation is 1. The van der Waals surface area contributed by atoms with Crippen LogP contribution in [0.15, 0.2) is 18.2 Å². The fourth-order valence-electron chi connectivity index (χ4n) is 2.90. The van der Waals surface area contributed by atoms with Gasteiger partial charge in [0.15, 0.2) is 0 Å². The summed E-state index contributed by atoms with van der Waals surface area (Å²) in [6, 6.07) is 5.57. The Balaban J connectivity index is 1.74. The predicted molar refractivity (Wildman–Crippen MR) is 93.1 cm³/mol. The Bertz CT molecular complexity index is 574.